The molecule has 0 atom stereocenters. The minimum Gasteiger partial charge on any atom is -0.398 e. The standard InChI is InChI=1S/C9H7BrN2O/c1-5(13)6-2-3-8(12)9(10)7(6)4-11/h2-3H,12H2,1H3. The monoisotopic (exact) mass is 238 g/mol. The van der Waals surface area contributed by atoms with Crippen LogP contribution in [0.2, 0.25) is 0 Å². The zero-order chi connectivity index (χ0) is 10.0. The van der Waals surface area contributed by atoms with Gasteiger partial charge in [0.2, 0.25) is 0 Å². The van der Waals surface area contributed by atoms with Gasteiger partial charge in [0.1, 0.15) is 6.07 Å². The molecule has 0 aliphatic heterocycles. The average molecular weight is 239 g/mol. The number of anilines is 1. The molecule has 3 nitrogen and oxygen atoms in total. The first-order valence-corrected chi connectivity index (χ1v) is 4.36. The van der Waals surface area contributed by atoms with Crippen LogP contribution in [-0.2, 0) is 0 Å². The molecule has 0 saturated heterocycles. The highest BCUT2D eigenvalue weighted by atomic mass is 79.9. The SMILES string of the molecule is CC(=O)c1ccc(N)c(Br)c1C#N. The molecule has 66 valence electrons. The number of ketones is 1. The minimum absolute atomic E-state index is 0.141. The molecule has 2 N–H and O–H groups in total. The first-order chi connectivity index (χ1) is 6.07. The maximum Gasteiger partial charge on any atom is 0.161 e. The lowest BCUT2D eigenvalue weighted by Gasteiger charge is -2.04. The summed E-state index contributed by atoms with van der Waals surface area (Å²) in [6.07, 6.45) is 0. The van der Waals surface area contributed by atoms with E-state index in [0.717, 1.165) is 0 Å². The maximum absolute atomic E-state index is 11.1. The summed E-state index contributed by atoms with van der Waals surface area (Å²) < 4.78 is 0.489. The number of carbonyl (C=O) groups is 1. The zero-order valence-electron chi connectivity index (χ0n) is 6.97. The highest BCUT2D eigenvalue weighted by Crippen LogP contribution is 2.26. The van der Waals surface area contributed by atoms with Crippen LogP contribution in [0.1, 0.15) is 22.8 Å². The lowest BCUT2D eigenvalue weighted by atomic mass is 10.0. The molecule has 13 heavy (non-hydrogen) atoms. The van der Waals surface area contributed by atoms with E-state index in [0.29, 0.717) is 21.3 Å². The molecular formula is C9H7BrN2O. The van der Waals surface area contributed by atoms with Gasteiger partial charge in [-0.05, 0) is 35.0 Å². The lowest BCUT2D eigenvalue weighted by molar-refractivity contribution is 0.101. The minimum atomic E-state index is -0.141. The van der Waals surface area contributed by atoms with Gasteiger partial charge in [-0.2, -0.15) is 5.26 Å². The molecule has 0 bridgehead atoms. The Morgan fingerprint density at radius 3 is 2.69 bits per heavy atom. The van der Waals surface area contributed by atoms with Crippen LogP contribution >= 0.6 is 15.9 Å². The van der Waals surface area contributed by atoms with Crippen molar-refractivity contribution in [3.8, 4) is 6.07 Å². The van der Waals surface area contributed by atoms with Crippen LogP contribution in [0.5, 0.6) is 0 Å². The summed E-state index contributed by atoms with van der Waals surface area (Å²) in [6.45, 7) is 1.42. The lowest BCUT2D eigenvalue weighted by Crippen LogP contribution is -1.99. The molecule has 0 fully saturated rings. The number of hydrogen-bond donors (Lipinski definition) is 1. The van der Waals surface area contributed by atoms with Crippen LogP contribution in [0.15, 0.2) is 16.6 Å². The van der Waals surface area contributed by atoms with Gasteiger partial charge in [-0.1, -0.05) is 0 Å². The van der Waals surface area contributed by atoms with Crippen LogP contribution in [-0.4, -0.2) is 5.78 Å². The van der Waals surface area contributed by atoms with Crippen LogP contribution < -0.4 is 5.73 Å². The van der Waals surface area contributed by atoms with E-state index in [9.17, 15) is 4.79 Å². The first kappa shape index (κ1) is 9.75. The number of benzene rings is 1. The second-order valence-electron chi connectivity index (χ2n) is 2.56. The largest absolute Gasteiger partial charge is 0.398 e. The Kier molecular flexibility index (Phi) is 2.69. The summed E-state index contributed by atoms with van der Waals surface area (Å²) >= 11 is 3.16. The molecule has 0 spiro atoms. The fraction of sp³-hybridized carbons (Fsp3) is 0.111. The summed E-state index contributed by atoms with van der Waals surface area (Å²) in [4.78, 5) is 11.1. The summed E-state index contributed by atoms with van der Waals surface area (Å²) in [6, 6.07) is 5.09. The number of nitrogens with two attached hydrogens (primary N) is 1. The Balaban J connectivity index is 3.50. The van der Waals surface area contributed by atoms with Gasteiger partial charge in [0.15, 0.2) is 5.78 Å². The van der Waals surface area contributed by atoms with Gasteiger partial charge in [0.25, 0.3) is 0 Å². The van der Waals surface area contributed by atoms with E-state index in [1.54, 1.807) is 12.1 Å². The average Bonchev–Trinajstić information content (AvgIpc) is 2.09. The van der Waals surface area contributed by atoms with Crippen LogP contribution in [0.3, 0.4) is 0 Å². The number of nitrogen functional groups attached to an aromatic ring is 1. The molecule has 1 aromatic carbocycles. The van der Waals surface area contributed by atoms with Crippen molar-refractivity contribution >= 4 is 27.4 Å². The van der Waals surface area contributed by atoms with Gasteiger partial charge >= 0.3 is 0 Å². The molecule has 1 aromatic rings. The maximum atomic E-state index is 11.1. The van der Waals surface area contributed by atoms with E-state index in [1.165, 1.54) is 6.92 Å². The summed E-state index contributed by atoms with van der Waals surface area (Å²) in [5.74, 6) is -0.141. The van der Waals surface area contributed by atoms with Crippen molar-refractivity contribution in [2.75, 3.05) is 5.73 Å². The molecule has 0 aromatic heterocycles. The third kappa shape index (κ3) is 1.70. The second-order valence-corrected chi connectivity index (χ2v) is 3.35. The van der Waals surface area contributed by atoms with E-state index in [1.807, 2.05) is 6.07 Å². The molecule has 0 unspecified atom stereocenters. The zero-order valence-corrected chi connectivity index (χ0v) is 8.55. The first-order valence-electron chi connectivity index (χ1n) is 3.57. The number of hydrogen-bond acceptors (Lipinski definition) is 3. The Labute approximate surface area is 84.3 Å². The Morgan fingerprint density at radius 1 is 1.62 bits per heavy atom. The van der Waals surface area contributed by atoms with E-state index < -0.39 is 0 Å². The van der Waals surface area contributed by atoms with Gasteiger partial charge in [-0.3, -0.25) is 4.79 Å². The van der Waals surface area contributed by atoms with Crippen molar-refractivity contribution in [2.45, 2.75) is 6.92 Å². The fourth-order valence-corrected chi connectivity index (χ4v) is 1.43. The second kappa shape index (κ2) is 3.58. The van der Waals surface area contributed by atoms with Crippen molar-refractivity contribution < 1.29 is 4.79 Å². The van der Waals surface area contributed by atoms with E-state index in [2.05, 4.69) is 15.9 Å². The van der Waals surface area contributed by atoms with Gasteiger partial charge in [0, 0.05) is 11.3 Å². The predicted molar refractivity (Wildman–Crippen MR) is 53.3 cm³/mol. The molecule has 0 radical (unpaired) electrons. The Morgan fingerprint density at radius 2 is 2.23 bits per heavy atom. The van der Waals surface area contributed by atoms with Gasteiger partial charge in [0.05, 0.1) is 10.0 Å². The van der Waals surface area contributed by atoms with Crippen molar-refractivity contribution in [3.05, 3.63) is 27.7 Å². The number of rotatable bonds is 1. The topological polar surface area (TPSA) is 66.9 Å². The van der Waals surface area contributed by atoms with Gasteiger partial charge < -0.3 is 5.73 Å². The van der Waals surface area contributed by atoms with E-state index >= 15 is 0 Å². The van der Waals surface area contributed by atoms with Crippen molar-refractivity contribution in [2.24, 2.45) is 0 Å². The predicted octanol–water partition coefficient (Wildman–Crippen LogP) is 2.11. The number of Topliss-reactive ketones (excluding diaryl/α,β-unsaturated/α-hetero) is 1. The quantitative estimate of drug-likeness (QED) is 0.602. The molecule has 0 aliphatic carbocycles. The van der Waals surface area contributed by atoms with Gasteiger partial charge in [-0.25, -0.2) is 0 Å². The van der Waals surface area contributed by atoms with Crippen LogP contribution in [0, 0.1) is 11.3 Å². The highest BCUT2D eigenvalue weighted by Gasteiger charge is 2.11. The van der Waals surface area contributed by atoms with Crippen molar-refractivity contribution in [1.82, 2.24) is 0 Å². The summed E-state index contributed by atoms with van der Waals surface area (Å²) in [5.41, 5.74) is 6.71. The number of carbonyl (C=O) groups excluding carboxylic acids is 1. The number of nitriles is 1. The number of nitrogens with zero attached hydrogens (tertiary/aromatic N) is 1. The summed E-state index contributed by atoms with van der Waals surface area (Å²) in [5, 5.41) is 8.78. The molecule has 0 aliphatic rings. The molecule has 0 amide bonds. The van der Waals surface area contributed by atoms with E-state index in [4.69, 9.17) is 11.0 Å². The normalized spacial score (nSPS) is 9.31. The third-order valence-corrected chi connectivity index (χ3v) is 2.52. The smallest absolute Gasteiger partial charge is 0.161 e. The van der Waals surface area contributed by atoms with Crippen molar-refractivity contribution in [3.63, 3.8) is 0 Å². The Bertz CT molecular complexity index is 407. The molecule has 0 heterocycles. The molecule has 4 heteroatoms. The number of halogens is 1. The molecular weight excluding hydrogens is 232 g/mol. The summed E-state index contributed by atoms with van der Waals surface area (Å²) in [7, 11) is 0. The van der Waals surface area contributed by atoms with Crippen LogP contribution in [0.4, 0.5) is 5.69 Å². The highest BCUT2D eigenvalue weighted by molar-refractivity contribution is 9.10. The molecule has 1 rings (SSSR count). The van der Waals surface area contributed by atoms with Gasteiger partial charge in [-0.15, -0.1) is 0 Å². The van der Waals surface area contributed by atoms with Crippen LogP contribution in [0.25, 0.3) is 0 Å². The van der Waals surface area contributed by atoms with Crippen molar-refractivity contribution in [1.29, 1.82) is 5.26 Å². The van der Waals surface area contributed by atoms with E-state index in [-0.39, 0.29) is 5.78 Å². The Hall–Kier alpha value is -1.34. The third-order valence-electron chi connectivity index (χ3n) is 1.66. The molecule has 0 saturated carbocycles. The fourth-order valence-electron chi connectivity index (χ4n) is 0.995.